The van der Waals surface area contributed by atoms with E-state index in [4.69, 9.17) is 5.73 Å². The SMILES string of the molecule is CN(Cc1ccc(C(N)=O)cc1)C(=O)c1ccc2c(c1)C(=O)N(Cc1ccccc1)C2=O. The van der Waals surface area contributed by atoms with E-state index in [0.717, 1.165) is 11.1 Å². The number of rotatable bonds is 6. The first kappa shape index (κ1) is 21.0. The predicted molar refractivity (Wildman–Crippen MR) is 118 cm³/mol. The summed E-state index contributed by atoms with van der Waals surface area (Å²) in [5.74, 6) is -1.57. The van der Waals surface area contributed by atoms with E-state index in [-0.39, 0.29) is 23.9 Å². The number of amides is 4. The molecule has 160 valence electrons. The summed E-state index contributed by atoms with van der Waals surface area (Å²) in [4.78, 5) is 52.4. The molecule has 0 bridgehead atoms. The van der Waals surface area contributed by atoms with Crippen molar-refractivity contribution < 1.29 is 19.2 Å². The average molecular weight is 427 g/mol. The first-order valence-corrected chi connectivity index (χ1v) is 10.0. The molecule has 32 heavy (non-hydrogen) atoms. The molecule has 0 saturated heterocycles. The van der Waals surface area contributed by atoms with E-state index in [9.17, 15) is 19.2 Å². The molecule has 0 fully saturated rings. The molecule has 0 spiro atoms. The molecule has 4 rings (SSSR count). The first-order chi connectivity index (χ1) is 15.3. The number of carbonyl (C=O) groups is 4. The Bertz CT molecular complexity index is 1220. The van der Waals surface area contributed by atoms with E-state index in [1.165, 1.54) is 21.9 Å². The predicted octanol–water partition coefficient (Wildman–Crippen LogP) is 2.85. The molecule has 0 radical (unpaired) electrons. The fourth-order valence-electron chi connectivity index (χ4n) is 3.67. The summed E-state index contributed by atoms with van der Waals surface area (Å²) in [6.45, 7) is 0.486. The molecule has 0 aromatic heterocycles. The van der Waals surface area contributed by atoms with Gasteiger partial charge in [0.15, 0.2) is 0 Å². The second kappa shape index (κ2) is 8.47. The highest BCUT2D eigenvalue weighted by Gasteiger charge is 2.36. The van der Waals surface area contributed by atoms with Crippen LogP contribution in [0.5, 0.6) is 0 Å². The minimum atomic E-state index is -0.514. The van der Waals surface area contributed by atoms with E-state index in [1.54, 1.807) is 37.4 Å². The summed E-state index contributed by atoms with van der Waals surface area (Å²) in [5, 5.41) is 0. The van der Waals surface area contributed by atoms with Gasteiger partial charge in [0.2, 0.25) is 5.91 Å². The standard InChI is InChI=1S/C25H21N3O4/c1-27(14-17-7-9-18(10-8-17)22(26)29)23(30)19-11-12-20-21(13-19)25(32)28(24(20)31)15-16-5-3-2-4-6-16/h2-13H,14-15H2,1H3,(H2,26,29). The van der Waals surface area contributed by atoms with Crippen LogP contribution in [0.1, 0.15) is 52.6 Å². The Morgan fingerprint density at radius 1 is 0.812 bits per heavy atom. The lowest BCUT2D eigenvalue weighted by atomic mass is 10.0. The molecule has 2 N–H and O–H groups in total. The highest BCUT2D eigenvalue weighted by atomic mass is 16.2. The monoisotopic (exact) mass is 427 g/mol. The smallest absolute Gasteiger partial charge is 0.261 e. The molecule has 7 nitrogen and oxygen atoms in total. The molecule has 0 unspecified atom stereocenters. The maximum Gasteiger partial charge on any atom is 0.261 e. The zero-order valence-electron chi connectivity index (χ0n) is 17.4. The van der Waals surface area contributed by atoms with Gasteiger partial charge in [-0.25, -0.2) is 0 Å². The van der Waals surface area contributed by atoms with Gasteiger partial charge in [-0.3, -0.25) is 24.1 Å². The Morgan fingerprint density at radius 3 is 2.09 bits per heavy atom. The highest BCUT2D eigenvalue weighted by molar-refractivity contribution is 6.22. The van der Waals surface area contributed by atoms with Crippen molar-refractivity contribution >= 4 is 23.6 Å². The van der Waals surface area contributed by atoms with Crippen molar-refractivity contribution in [2.24, 2.45) is 5.73 Å². The number of nitrogens with two attached hydrogens (primary N) is 1. The molecular formula is C25H21N3O4. The number of hydrogen-bond acceptors (Lipinski definition) is 4. The lowest BCUT2D eigenvalue weighted by Gasteiger charge is -2.18. The van der Waals surface area contributed by atoms with Crippen LogP contribution in [0, 0.1) is 0 Å². The van der Waals surface area contributed by atoms with Gasteiger partial charge in [-0.1, -0.05) is 42.5 Å². The van der Waals surface area contributed by atoms with Crippen LogP contribution in [0.2, 0.25) is 0 Å². The van der Waals surface area contributed by atoms with Crippen molar-refractivity contribution in [3.63, 3.8) is 0 Å². The molecule has 7 heteroatoms. The van der Waals surface area contributed by atoms with Crippen LogP contribution in [0.4, 0.5) is 0 Å². The molecule has 0 aliphatic carbocycles. The number of fused-ring (bicyclic) bond motifs is 1. The van der Waals surface area contributed by atoms with E-state index in [2.05, 4.69) is 0 Å². The maximum atomic E-state index is 12.9. The van der Waals surface area contributed by atoms with Crippen molar-refractivity contribution in [2.75, 3.05) is 7.05 Å². The van der Waals surface area contributed by atoms with Crippen LogP contribution >= 0.6 is 0 Å². The summed E-state index contributed by atoms with van der Waals surface area (Å²) in [7, 11) is 1.65. The Kier molecular flexibility index (Phi) is 5.55. The summed E-state index contributed by atoms with van der Waals surface area (Å²) in [6, 6.07) is 20.5. The van der Waals surface area contributed by atoms with Crippen LogP contribution in [-0.4, -0.2) is 40.5 Å². The molecule has 4 amide bonds. The third-order valence-electron chi connectivity index (χ3n) is 5.41. The van der Waals surface area contributed by atoms with Crippen LogP contribution in [-0.2, 0) is 13.1 Å². The second-order valence-electron chi connectivity index (χ2n) is 7.66. The minimum Gasteiger partial charge on any atom is -0.366 e. The number of benzene rings is 3. The van der Waals surface area contributed by atoms with Gasteiger partial charge >= 0.3 is 0 Å². The van der Waals surface area contributed by atoms with Crippen molar-refractivity contribution in [1.82, 2.24) is 9.80 Å². The number of primary amides is 1. The quantitative estimate of drug-likeness (QED) is 0.611. The van der Waals surface area contributed by atoms with Gasteiger partial charge in [0, 0.05) is 24.7 Å². The van der Waals surface area contributed by atoms with Crippen molar-refractivity contribution in [3.05, 3.63) is 106 Å². The molecule has 3 aromatic rings. The topological polar surface area (TPSA) is 101 Å². The normalized spacial score (nSPS) is 12.6. The molecule has 0 saturated carbocycles. The maximum absolute atomic E-state index is 12.9. The lowest BCUT2D eigenvalue weighted by molar-refractivity contribution is 0.0641. The summed E-state index contributed by atoms with van der Waals surface area (Å²) >= 11 is 0. The van der Waals surface area contributed by atoms with Gasteiger partial charge in [-0.15, -0.1) is 0 Å². The van der Waals surface area contributed by atoms with Gasteiger partial charge in [-0.05, 0) is 41.5 Å². The lowest BCUT2D eigenvalue weighted by Crippen LogP contribution is -2.29. The Labute approximate surface area is 185 Å². The minimum absolute atomic E-state index is 0.178. The van der Waals surface area contributed by atoms with Crippen molar-refractivity contribution in [2.45, 2.75) is 13.1 Å². The Morgan fingerprint density at radius 2 is 1.44 bits per heavy atom. The van der Waals surface area contributed by atoms with E-state index in [0.29, 0.717) is 23.2 Å². The molecule has 1 heterocycles. The summed E-state index contributed by atoms with van der Waals surface area (Å²) in [6.07, 6.45) is 0. The van der Waals surface area contributed by atoms with Gasteiger partial charge < -0.3 is 10.6 Å². The van der Waals surface area contributed by atoms with Gasteiger partial charge in [-0.2, -0.15) is 0 Å². The number of imide groups is 1. The fraction of sp³-hybridized carbons (Fsp3) is 0.120. The van der Waals surface area contributed by atoms with Gasteiger partial charge in [0.1, 0.15) is 0 Å². The molecule has 1 aliphatic rings. The number of hydrogen-bond donors (Lipinski definition) is 1. The Balaban J connectivity index is 1.50. The fourth-order valence-corrected chi connectivity index (χ4v) is 3.67. The summed E-state index contributed by atoms with van der Waals surface area (Å²) < 4.78 is 0. The number of nitrogens with zero attached hydrogens (tertiary/aromatic N) is 2. The van der Waals surface area contributed by atoms with Gasteiger partial charge in [0.05, 0.1) is 17.7 Å². The zero-order valence-corrected chi connectivity index (χ0v) is 17.4. The first-order valence-electron chi connectivity index (χ1n) is 10.0. The van der Waals surface area contributed by atoms with E-state index in [1.807, 2.05) is 30.3 Å². The van der Waals surface area contributed by atoms with Crippen molar-refractivity contribution in [1.29, 1.82) is 0 Å². The van der Waals surface area contributed by atoms with Gasteiger partial charge in [0.25, 0.3) is 17.7 Å². The van der Waals surface area contributed by atoms with E-state index >= 15 is 0 Å². The second-order valence-corrected chi connectivity index (χ2v) is 7.66. The summed E-state index contributed by atoms with van der Waals surface area (Å²) in [5.41, 5.74) is 8.17. The molecular weight excluding hydrogens is 406 g/mol. The molecule has 0 atom stereocenters. The van der Waals surface area contributed by atoms with Crippen LogP contribution in [0.3, 0.4) is 0 Å². The third kappa shape index (κ3) is 4.00. The molecule has 1 aliphatic heterocycles. The van der Waals surface area contributed by atoms with Crippen LogP contribution in [0.25, 0.3) is 0 Å². The average Bonchev–Trinajstić information content (AvgIpc) is 3.04. The number of carbonyl (C=O) groups excluding carboxylic acids is 4. The third-order valence-corrected chi connectivity index (χ3v) is 5.41. The highest BCUT2D eigenvalue weighted by Crippen LogP contribution is 2.26. The molecule has 3 aromatic carbocycles. The van der Waals surface area contributed by atoms with Crippen LogP contribution in [0.15, 0.2) is 72.8 Å². The largest absolute Gasteiger partial charge is 0.366 e. The zero-order chi connectivity index (χ0) is 22.8. The Hall–Kier alpha value is -4.26. The van der Waals surface area contributed by atoms with Crippen molar-refractivity contribution in [3.8, 4) is 0 Å². The van der Waals surface area contributed by atoms with E-state index < -0.39 is 11.8 Å². The van der Waals surface area contributed by atoms with Crippen LogP contribution < -0.4 is 5.73 Å².